The van der Waals surface area contributed by atoms with Crippen molar-refractivity contribution in [1.29, 1.82) is 0 Å². The summed E-state index contributed by atoms with van der Waals surface area (Å²) >= 11 is 5.32. The van der Waals surface area contributed by atoms with Gasteiger partial charge in [-0.25, -0.2) is 0 Å². The van der Waals surface area contributed by atoms with Crippen LogP contribution in [0.4, 0.5) is 14.5 Å². The molecule has 0 fully saturated rings. The van der Waals surface area contributed by atoms with Gasteiger partial charge in [0.05, 0.1) is 6.04 Å². The van der Waals surface area contributed by atoms with Crippen molar-refractivity contribution >= 4 is 23.0 Å². The van der Waals surface area contributed by atoms with Crippen LogP contribution in [-0.2, 0) is 6.42 Å². The smallest absolute Gasteiger partial charge is 0.387 e. The number of rotatable bonds is 7. The van der Waals surface area contributed by atoms with Gasteiger partial charge in [0.1, 0.15) is 5.75 Å². The molecule has 1 atom stereocenters. The SMILES string of the molecule is CC(C)Cc1ccc([C@@H](C)NC(=S)Nc2ccc(OC(F)F)cc2)cc1. The fourth-order valence-corrected chi connectivity index (χ4v) is 2.88. The maximum atomic E-state index is 12.2. The molecule has 0 spiro atoms. The molecule has 0 amide bonds. The summed E-state index contributed by atoms with van der Waals surface area (Å²) in [7, 11) is 0. The largest absolute Gasteiger partial charge is 0.435 e. The van der Waals surface area contributed by atoms with E-state index < -0.39 is 6.61 Å². The minimum atomic E-state index is -2.83. The molecule has 0 aromatic heterocycles. The van der Waals surface area contributed by atoms with Crippen LogP contribution in [0.25, 0.3) is 0 Å². The molecule has 0 aliphatic rings. The van der Waals surface area contributed by atoms with Crippen LogP contribution in [0, 0.1) is 5.92 Å². The van der Waals surface area contributed by atoms with E-state index in [1.54, 1.807) is 12.1 Å². The maximum Gasteiger partial charge on any atom is 0.387 e. The highest BCUT2D eigenvalue weighted by Crippen LogP contribution is 2.19. The molecule has 0 saturated heterocycles. The highest BCUT2D eigenvalue weighted by molar-refractivity contribution is 7.80. The molecule has 0 aliphatic carbocycles. The van der Waals surface area contributed by atoms with E-state index in [4.69, 9.17) is 12.2 Å². The molecule has 2 N–H and O–H groups in total. The second-order valence-corrected chi connectivity index (χ2v) is 6.97. The zero-order valence-electron chi connectivity index (χ0n) is 15.1. The van der Waals surface area contributed by atoms with Crippen LogP contribution >= 0.6 is 12.2 Å². The quantitative estimate of drug-likeness (QED) is 0.620. The van der Waals surface area contributed by atoms with Crippen molar-refractivity contribution < 1.29 is 13.5 Å². The van der Waals surface area contributed by atoms with Crippen molar-refractivity contribution in [2.24, 2.45) is 5.92 Å². The summed E-state index contributed by atoms with van der Waals surface area (Å²) in [5.74, 6) is 0.741. The van der Waals surface area contributed by atoms with E-state index in [1.807, 2.05) is 6.92 Å². The van der Waals surface area contributed by atoms with Gasteiger partial charge >= 0.3 is 6.61 Å². The first-order valence-corrected chi connectivity index (χ1v) is 8.95. The average molecular weight is 378 g/mol. The molecule has 6 heteroatoms. The summed E-state index contributed by atoms with van der Waals surface area (Å²) < 4.78 is 28.6. The first-order chi connectivity index (χ1) is 12.3. The Hall–Kier alpha value is -2.21. The normalized spacial score (nSPS) is 12.1. The van der Waals surface area contributed by atoms with Crippen LogP contribution < -0.4 is 15.4 Å². The number of benzene rings is 2. The zero-order valence-corrected chi connectivity index (χ0v) is 15.9. The zero-order chi connectivity index (χ0) is 19.1. The minimum Gasteiger partial charge on any atom is -0.435 e. The number of halogens is 2. The molecule has 0 aliphatic heterocycles. The van der Waals surface area contributed by atoms with Crippen molar-refractivity contribution in [1.82, 2.24) is 5.32 Å². The molecule has 140 valence electrons. The lowest BCUT2D eigenvalue weighted by molar-refractivity contribution is -0.0498. The summed E-state index contributed by atoms with van der Waals surface area (Å²) in [6, 6.07) is 14.8. The molecule has 0 unspecified atom stereocenters. The van der Waals surface area contributed by atoms with E-state index >= 15 is 0 Å². The third-order valence-electron chi connectivity index (χ3n) is 3.81. The van der Waals surface area contributed by atoms with Gasteiger partial charge in [-0.3, -0.25) is 0 Å². The second kappa shape index (κ2) is 9.48. The van der Waals surface area contributed by atoms with Crippen LogP contribution in [0.3, 0.4) is 0 Å². The Morgan fingerprint density at radius 2 is 1.62 bits per heavy atom. The summed E-state index contributed by atoms with van der Waals surface area (Å²) in [6.45, 7) is 3.61. The predicted octanol–water partition coefficient (Wildman–Crippen LogP) is 5.53. The molecule has 3 nitrogen and oxygen atoms in total. The standard InChI is InChI=1S/C20H24F2N2OS/c1-13(2)12-15-4-6-16(7-5-15)14(3)23-20(26)24-17-8-10-18(11-9-17)25-19(21)22/h4-11,13-14,19H,12H2,1-3H3,(H2,23,24,26)/t14-/m1/s1. The van der Waals surface area contributed by atoms with Gasteiger partial charge in [0, 0.05) is 5.69 Å². The predicted molar refractivity (Wildman–Crippen MR) is 106 cm³/mol. The van der Waals surface area contributed by atoms with Crippen molar-refractivity contribution in [2.45, 2.75) is 39.8 Å². The topological polar surface area (TPSA) is 33.3 Å². The van der Waals surface area contributed by atoms with Crippen molar-refractivity contribution in [2.75, 3.05) is 5.32 Å². The molecule has 0 heterocycles. The van der Waals surface area contributed by atoms with Gasteiger partial charge in [0.2, 0.25) is 0 Å². The Labute approximate surface area is 158 Å². The second-order valence-electron chi connectivity index (χ2n) is 6.56. The van der Waals surface area contributed by atoms with Gasteiger partial charge in [-0.1, -0.05) is 38.1 Å². The number of alkyl halides is 2. The summed E-state index contributed by atoms with van der Waals surface area (Å²) in [5, 5.41) is 6.72. The lowest BCUT2D eigenvalue weighted by atomic mass is 10.00. The molecule has 0 saturated carbocycles. The van der Waals surface area contributed by atoms with E-state index in [0.717, 1.165) is 12.0 Å². The maximum absolute atomic E-state index is 12.2. The minimum absolute atomic E-state index is 0.0459. The number of nitrogens with one attached hydrogen (secondary N) is 2. The first-order valence-electron chi connectivity index (χ1n) is 8.54. The Morgan fingerprint density at radius 1 is 1.00 bits per heavy atom. The molecule has 2 rings (SSSR count). The van der Waals surface area contributed by atoms with Crippen LogP contribution in [0.2, 0.25) is 0 Å². The van der Waals surface area contributed by atoms with Crippen molar-refractivity contribution in [3.63, 3.8) is 0 Å². The first kappa shape index (κ1) is 20.1. The molecule has 0 bridgehead atoms. The van der Waals surface area contributed by atoms with Crippen LogP contribution in [0.5, 0.6) is 5.75 Å². The van der Waals surface area contributed by atoms with Gasteiger partial charge in [0.25, 0.3) is 0 Å². The fraction of sp³-hybridized carbons (Fsp3) is 0.350. The monoisotopic (exact) mass is 378 g/mol. The van der Waals surface area contributed by atoms with Gasteiger partial charge < -0.3 is 15.4 Å². The third-order valence-corrected chi connectivity index (χ3v) is 4.03. The summed E-state index contributed by atoms with van der Waals surface area (Å²) in [5.41, 5.74) is 3.16. The van der Waals surface area contributed by atoms with E-state index in [9.17, 15) is 8.78 Å². The highest BCUT2D eigenvalue weighted by Gasteiger charge is 2.08. The number of anilines is 1. The van der Waals surface area contributed by atoms with Crippen LogP contribution in [0.1, 0.15) is 37.9 Å². The Bertz CT molecular complexity index is 703. The Kier molecular flexibility index (Phi) is 7.33. The summed E-state index contributed by atoms with van der Waals surface area (Å²) in [4.78, 5) is 0. The third kappa shape index (κ3) is 6.59. The Balaban J connectivity index is 1.88. The fourth-order valence-electron chi connectivity index (χ4n) is 2.58. The Morgan fingerprint density at radius 3 is 2.15 bits per heavy atom. The van der Waals surface area contributed by atoms with Gasteiger partial charge in [-0.15, -0.1) is 0 Å². The van der Waals surface area contributed by atoms with Crippen LogP contribution in [0.15, 0.2) is 48.5 Å². The number of hydrogen-bond acceptors (Lipinski definition) is 2. The highest BCUT2D eigenvalue weighted by atomic mass is 32.1. The number of thiocarbonyl (C=S) groups is 1. The lowest BCUT2D eigenvalue weighted by Crippen LogP contribution is -2.30. The van der Waals surface area contributed by atoms with Crippen molar-refractivity contribution in [3.8, 4) is 5.75 Å². The van der Waals surface area contributed by atoms with E-state index in [1.165, 1.54) is 17.7 Å². The molecule has 2 aromatic carbocycles. The van der Waals surface area contributed by atoms with E-state index in [0.29, 0.717) is 16.7 Å². The summed E-state index contributed by atoms with van der Waals surface area (Å²) in [6.07, 6.45) is 1.06. The van der Waals surface area contributed by atoms with Crippen LogP contribution in [-0.4, -0.2) is 11.7 Å². The van der Waals surface area contributed by atoms with Gasteiger partial charge in [-0.05, 0) is 66.9 Å². The molecule has 2 aromatic rings. The number of hydrogen-bond donors (Lipinski definition) is 2. The molecular formula is C20H24F2N2OS. The molecule has 0 radical (unpaired) electrons. The van der Waals surface area contributed by atoms with Gasteiger partial charge in [0.15, 0.2) is 5.11 Å². The van der Waals surface area contributed by atoms with E-state index in [2.05, 4.69) is 53.5 Å². The lowest BCUT2D eigenvalue weighted by Gasteiger charge is -2.18. The van der Waals surface area contributed by atoms with Crippen molar-refractivity contribution in [3.05, 3.63) is 59.7 Å². The molecular weight excluding hydrogens is 354 g/mol. The number of ether oxygens (including phenoxy) is 1. The van der Waals surface area contributed by atoms with E-state index in [-0.39, 0.29) is 11.8 Å². The average Bonchev–Trinajstić information content (AvgIpc) is 2.56. The molecule has 26 heavy (non-hydrogen) atoms. The van der Waals surface area contributed by atoms with Gasteiger partial charge in [-0.2, -0.15) is 8.78 Å².